The van der Waals surface area contributed by atoms with E-state index in [1.54, 1.807) is 11.8 Å². The zero-order chi connectivity index (χ0) is 11.3. The van der Waals surface area contributed by atoms with Gasteiger partial charge in [0.1, 0.15) is 0 Å². The minimum Gasteiger partial charge on any atom is -0.385 e. The highest BCUT2D eigenvalue weighted by atomic mass is 16.2. The Kier molecular flexibility index (Phi) is 4.16. The zero-order valence-corrected chi connectivity index (χ0v) is 9.58. The molecule has 0 saturated heterocycles. The van der Waals surface area contributed by atoms with Gasteiger partial charge in [-0.3, -0.25) is 4.79 Å². The molecule has 0 unspecified atom stereocenters. The normalized spacial score (nSPS) is 9.80. The third-order valence-electron chi connectivity index (χ3n) is 2.24. The lowest BCUT2D eigenvalue weighted by atomic mass is 10.2. The number of amides is 1. The summed E-state index contributed by atoms with van der Waals surface area (Å²) in [5, 5.41) is 3.23. The number of carbonyl (C=O) groups excluding carboxylic acids is 1. The summed E-state index contributed by atoms with van der Waals surface area (Å²) in [4.78, 5) is 13.1. The summed E-state index contributed by atoms with van der Waals surface area (Å²) in [6, 6.07) is 7.90. The number of nitrogens with one attached hydrogen (secondary N) is 1. The zero-order valence-electron chi connectivity index (χ0n) is 9.58. The quantitative estimate of drug-likeness (QED) is 0.820. The molecule has 0 fully saturated rings. The van der Waals surface area contributed by atoms with Crippen LogP contribution in [0.15, 0.2) is 24.3 Å². The summed E-state index contributed by atoms with van der Waals surface area (Å²) >= 11 is 0. The molecule has 0 saturated carbocycles. The Hall–Kier alpha value is -1.51. The molecule has 3 nitrogen and oxygen atoms in total. The number of hydrogen-bond donors (Lipinski definition) is 1. The molecule has 1 N–H and O–H groups in total. The van der Waals surface area contributed by atoms with Gasteiger partial charge in [-0.15, -0.1) is 0 Å². The van der Waals surface area contributed by atoms with Crippen LogP contribution in [0, 0.1) is 0 Å². The SMILES string of the molecule is CCNc1cccc(N(CC)C(C)=O)c1. The molecule has 1 aromatic rings. The van der Waals surface area contributed by atoms with Gasteiger partial charge in [0.2, 0.25) is 5.91 Å². The monoisotopic (exact) mass is 206 g/mol. The second kappa shape index (κ2) is 5.39. The fourth-order valence-corrected chi connectivity index (χ4v) is 1.57. The first-order valence-corrected chi connectivity index (χ1v) is 5.31. The van der Waals surface area contributed by atoms with Gasteiger partial charge < -0.3 is 10.2 Å². The van der Waals surface area contributed by atoms with Crippen LogP contribution in [0.5, 0.6) is 0 Å². The van der Waals surface area contributed by atoms with Gasteiger partial charge >= 0.3 is 0 Å². The highest BCUT2D eigenvalue weighted by Gasteiger charge is 2.08. The van der Waals surface area contributed by atoms with E-state index in [1.807, 2.05) is 31.2 Å². The number of nitrogens with zero attached hydrogens (tertiary/aromatic N) is 1. The Labute approximate surface area is 91.1 Å². The van der Waals surface area contributed by atoms with E-state index in [1.165, 1.54) is 0 Å². The van der Waals surface area contributed by atoms with Crippen LogP contribution in [-0.4, -0.2) is 19.0 Å². The molecule has 15 heavy (non-hydrogen) atoms. The molecule has 82 valence electrons. The fraction of sp³-hybridized carbons (Fsp3) is 0.417. The lowest BCUT2D eigenvalue weighted by molar-refractivity contribution is -0.116. The Morgan fingerprint density at radius 2 is 2.13 bits per heavy atom. The van der Waals surface area contributed by atoms with Gasteiger partial charge in [0.15, 0.2) is 0 Å². The summed E-state index contributed by atoms with van der Waals surface area (Å²) in [5.74, 6) is 0.0751. The smallest absolute Gasteiger partial charge is 0.223 e. The molecule has 1 rings (SSSR count). The highest BCUT2D eigenvalue weighted by molar-refractivity contribution is 5.91. The maximum atomic E-state index is 11.4. The van der Waals surface area contributed by atoms with Crippen molar-refractivity contribution in [2.45, 2.75) is 20.8 Å². The third-order valence-corrected chi connectivity index (χ3v) is 2.24. The van der Waals surface area contributed by atoms with Gasteiger partial charge in [0, 0.05) is 31.4 Å². The van der Waals surface area contributed by atoms with E-state index in [-0.39, 0.29) is 5.91 Å². The Balaban J connectivity index is 2.92. The fourth-order valence-electron chi connectivity index (χ4n) is 1.57. The highest BCUT2D eigenvalue weighted by Crippen LogP contribution is 2.19. The van der Waals surface area contributed by atoms with Crippen LogP contribution in [-0.2, 0) is 4.79 Å². The van der Waals surface area contributed by atoms with Gasteiger partial charge in [-0.05, 0) is 32.0 Å². The average molecular weight is 206 g/mol. The molecular weight excluding hydrogens is 188 g/mol. The van der Waals surface area contributed by atoms with Crippen LogP contribution in [0.1, 0.15) is 20.8 Å². The van der Waals surface area contributed by atoms with Crippen molar-refractivity contribution in [2.75, 3.05) is 23.3 Å². The summed E-state index contributed by atoms with van der Waals surface area (Å²) in [6.45, 7) is 7.19. The van der Waals surface area contributed by atoms with Crippen molar-refractivity contribution >= 4 is 17.3 Å². The van der Waals surface area contributed by atoms with Crippen LogP contribution in [0.2, 0.25) is 0 Å². The summed E-state index contributed by atoms with van der Waals surface area (Å²) in [7, 11) is 0. The molecule has 0 aliphatic heterocycles. The second-order valence-corrected chi connectivity index (χ2v) is 3.34. The van der Waals surface area contributed by atoms with E-state index >= 15 is 0 Å². The maximum Gasteiger partial charge on any atom is 0.223 e. The van der Waals surface area contributed by atoms with Crippen LogP contribution in [0.25, 0.3) is 0 Å². The molecule has 0 heterocycles. The van der Waals surface area contributed by atoms with Gasteiger partial charge in [0.25, 0.3) is 0 Å². The van der Waals surface area contributed by atoms with Crippen LogP contribution in [0.3, 0.4) is 0 Å². The molecule has 1 aromatic carbocycles. The second-order valence-electron chi connectivity index (χ2n) is 3.34. The number of anilines is 2. The summed E-state index contributed by atoms with van der Waals surface area (Å²) in [5.41, 5.74) is 2.00. The van der Waals surface area contributed by atoms with Gasteiger partial charge in [-0.2, -0.15) is 0 Å². The predicted octanol–water partition coefficient (Wildman–Crippen LogP) is 2.49. The number of rotatable bonds is 4. The maximum absolute atomic E-state index is 11.4. The molecule has 0 aromatic heterocycles. The molecule has 0 bridgehead atoms. The predicted molar refractivity (Wildman–Crippen MR) is 64.3 cm³/mol. The molecule has 0 radical (unpaired) electrons. The van der Waals surface area contributed by atoms with E-state index in [4.69, 9.17) is 0 Å². The van der Waals surface area contributed by atoms with Crippen LogP contribution in [0.4, 0.5) is 11.4 Å². The van der Waals surface area contributed by atoms with Crippen molar-refractivity contribution < 1.29 is 4.79 Å². The van der Waals surface area contributed by atoms with E-state index in [9.17, 15) is 4.79 Å². The molecule has 0 atom stereocenters. The number of benzene rings is 1. The first-order valence-electron chi connectivity index (χ1n) is 5.31. The Morgan fingerprint density at radius 1 is 1.40 bits per heavy atom. The van der Waals surface area contributed by atoms with E-state index in [0.717, 1.165) is 17.9 Å². The first kappa shape index (κ1) is 11.6. The topological polar surface area (TPSA) is 32.3 Å². The number of carbonyl (C=O) groups is 1. The minimum atomic E-state index is 0.0751. The standard InChI is InChI=1S/C12H18N2O/c1-4-13-11-7-6-8-12(9-11)14(5-2)10(3)15/h6-9,13H,4-5H2,1-3H3. The van der Waals surface area contributed by atoms with Crippen molar-refractivity contribution in [3.63, 3.8) is 0 Å². The van der Waals surface area contributed by atoms with Gasteiger partial charge in [-0.25, -0.2) is 0 Å². The van der Waals surface area contributed by atoms with Crippen molar-refractivity contribution in [1.29, 1.82) is 0 Å². The van der Waals surface area contributed by atoms with Crippen LogP contribution < -0.4 is 10.2 Å². The molecule has 0 aliphatic rings. The van der Waals surface area contributed by atoms with Crippen molar-refractivity contribution in [3.05, 3.63) is 24.3 Å². The largest absolute Gasteiger partial charge is 0.385 e. The number of hydrogen-bond acceptors (Lipinski definition) is 2. The summed E-state index contributed by atoms with van der Waals surface area (Å²) < 4.78 is 0. The average Bonchev–Trinajstić information content (AvgIpc) is 2.19. The van der Waals surface area contributed by atoms with E-state index in [2.05, 4.69) is 12.2 Å². The minimum absolute atomic E-state index is 0.0751. The van der Waals surface area contributed by atoms with E-state index in [0.29, 0.717) is 6.54 Å². The molecular formula is C12H18N2O. The summed E-state index contributed by atoms with van der Waals surface area (Å²) in [6.07, 6.45) is 0. The van der Waals surface area contributed by atoms with Gasteiger partial charge in [-0.1, -0.05) is 6.07 Å². The molecule has 1 amide bonds. The first-order chi connectivity index (χ1) is 7.19. The van der Waals surface area contributed by atoms with Crippen molar-refractivity contribution in [2.24, 2.45) is 0 Å². The van der Waals surface area contributed by atoms with Crippen molar-refractivity contribution in [1.82, 2.24) is 0 Å². The van der Waals surface area contributed by atoms with Crippen molar-refractivity contribution in [3.8, 4) is 0 Å². The molecule has 3 heteroatoms. The van der Waals surface area contributed by atoms with E-state index < -0.39 is 0 Å². The van der Waals surface area contributed by atoms with Crippen LogP contribution >= 0.6 is 0 Å². The Bertz CT molecular complexity index is 336. The lowest BCUT2D eigenvalue weighted by Gasteiger charge is -2.19. The van der Waals surface area contributed by atoms with Gasteiger partial charge in [0.05, 0.1) is 0 Å². The lowest BCUT2D eigenvalue weighted by Crippen LogP contribution is -2.27. The molecule has 0 spiro atoms. The molecule has 0 aliphatic carbocycles. The Morgan fingerprint density at radius 3 is 2.67 bits per heavy atom. The third kappa shape index (κ3) is 2.98.